The summed E-state index contributed by atoms with van der Waals surface area (Å²) in [5.41, 5.74) is 2.63. The molecule has 1 aromatic rings. The van der Waals surface area contributed by atoms with Crippen LogP contribution in [0.2, 0.25) is 0 Å². The van der Waals surface area contributed by atoms with E-state index in [4.69, 9.17) is 0 Å². The highest BCUT2D eigenvalue weighted by molar-refractivity contribution is 5.25. The number of halogens is 3. The number of pyridine rings is 1. The molecule has 0 saturated carbocycles. The van der Waals surface area contributed by atoms with Crippen LogP contribution in [0.1, 0.15) is 35.7 Å². The molecule has 17 heavy (non-hydrogen) atoms. The van der Waals surface area contributed by atoms with Crippen LogP contribution in [0.15, 0.2) is 12.3 Å². The molecule has 1 atom stereocenters. The second-order valence-corrected chi connectivity index (χ2v) is 4.21. The van der Waals surface area contributed by atoms with Crippen molar-refractivity contribution in [1.82, 2.24) is 10.3 Å². The summed E-state index contributed by atoms with van der Waals surface area (Å²) in [7, 11) is 1.65. The molecule has 1 heterocycles. The zero-order chi connectivity index (χ0) is 13.1. The maximum absolute atomic E-state index is 12.2. The van der Waals surface area contributed by atoms with Crippen molar-refractivity contribution in [3.05, 3.63) is 29.1 Å². The van der Waals surface area contributed by atoms with Gasteiger partial charge in [-0.3, -0.25) is 4.98 Å². The largest absolute Gasteiger partial charge is 0.389 e. The van der Waals surface area contributed by atoms with Crippen LogP contribution < -0.4 is 5.32 Å². The molecule has 96 valence electrons. The third kappa shape index (κ3) is 4.34. The van der Waals surface area contributed by atoms with Crippen molar-refractivity contribution in [2.45, 2.75) is 38.9 Å². The summed E-state index contributed by atoms with van der Waals surface area (Å²) >= 11 is 0. The van der Waals surface area contributed by atoms with Gasteiger partial charge in [0, 0.05) is 18.7 Å². The molecule has 0 radical (unpaired) electrons. The topological polar surface area (TPSA) is 24.9 Å². The lowest BCUT2D eigenvalue weighted by molar-refractivity contribution is -0.136. The van der Waals surface area contributed by atoms with E-state index in [9.17, 15) is 13.2 Å². The zero-order valence-electron chi connectivity index (χ0n) is 10.2. The van der Waals surface area contributed by atoms with Crippen molar-refractivity contribution in [3.8, 4) is 0 Å². The first-order valence-corrected chi connectivity index (χ1v) is 5.50. The number of nitrogens with zero attached hydrogens (tertiary/aromatic N) is 1. The first kappa shape index (κ1) is 14.0. The van der Waals surface area contributed by atoms with E-state index >= 15 is 0 Å². The smallest absolute Gasteiger partial charge is 0.312 e. The number of aromatic nitrogens is 1. The molecule has 0 bridgehead atoms. The molecule has 0 aliphatic carbocycles. The molecule has 1 rings (SSSR count). The van der Waals surface area contributed by atoms with Gasteiger partial charge < -0.3 is 5.32 Å². The van der Waals surface area contributed by atoms with Gasteiger partial charge in [0.1, 0.15) is 0 Å². The van der Waals surface area contributed by atoms with E-state index in [1.165, 1.54) is 0 Å². The van der Waals surface area contributed by atoms with Crippen LogP contribution in [-0.4, -0.2) is 18.2 Å². The van der Waals surface area contributed by atoms with Crippen molar-refractivity contribution >= 4 is 0 Å². The fourth-order valence-corrected chi connectivity index (χ4v) is 1.82. The van der Waals surface area contributed by atoms with Crippen molar-refractivity contribution in [2.75, 3.05) is 7.05 Å². The number of rotatable bonds is 4. The number of alkyl halides is 3. The molecule has 0 aliphatic heterocycles. The molecule has 1 aromatic heterocycles. The Hall–Kier alpha value is -1.10. The fourth-order valence-electron chi connectivity index (χ4n) is 1.82. The van der Waals surface area contributed by atoms with Crippen LogP contribution in [0, 0.1) is 13.8 Å². The molecule has 2 nitrogen and oxygen atoms in total. The highest BCUT2D eigenvalue weighted by Crippen LogP contribution is 2.27. The summed E-state index contributed by atoms with van der Waals surface area (Å²) in [6.45, 7) is 3.78. The zero-order valence-corrected chi connectivity index (χ0v) is 10.2. The number of hydrogen-bond donors (Lipinski definition) is 1. The van der Waals surface area contributed by atoms with E-state index in [-0.39, 0.29) is 12.5 Å². The summed E-state index contributed by atoms with van der Waals surface area (Å²) in [4.78, 5) is 4.22. The average molecular weight is 246 g/mol. The summed E-state index contributed by atoms with van der Waals surface area (Å²) < 4.78 is 36.6. The Morgan fingerprint density at radius 1 is 1.35 bits per heavy atom. The van der Waals surface area contributed by atoms with Crippen molar-refractivity contribution < 1.29 is 13.2 Å². The Kier molecular flexibility index (Phi) is 4.51. The minimum absolute atomic E-state index is 0.0108. The fraction of sp³-hybridized carbons (Fsp3) is 0.583. The monoisotopic (exact) mass is 246 g/mol. The third-order valence-electron chi connectivity index (χ3n) is 2.65. The molecule has 0 spiro atoms. The molecule has 1 N–H and O–H groups in total. The van der Waals surface area contributed by atoms with E-state index < -0.39 is 12.6 Å². The van der Waals surface area contributed by atoms with Gasteiger partial charge in [0.2, 0.25) is 0 Å². The van der Waals surface area contributed by atoms with Gasteiger partial charge in [0.25, 0.3) is 0 Å². The normalized spacial score (nSPS) is 13.8. The van der Waals surface area contributed by atoms with Gasteiger partial charge in [-0.25, -0.2) is 0 Å². The Bertz CT molecular complexity index is 375. The minimum atomic E-state index is -4.12. The lowest BCUT2D eigenvalue weighted by atomic mass is 10.0. The highest BCUT2D eigenvalue weighted by atomic mass is 19.4. The molecule has 0 amide bonds. The molecule has 5 heteroatoms. The maximum atomic E-state index is 12.2. The first-order valence-electron chi connectivity index (χ1n) is 5.50. The molecular formula is C12H17F3N2. The van der Waals surface area contributed by atoms with Crippen LogP contribution in [0.3, 0.4) is 0 Å². The summed E-state index contributed by atoms with van der Waals surface area (Å²) in [6, 6.07) is 1.58. The lowest BCUT2D eigenvalue weighted by Crippen LogP contribution is -2.21. The van der Waals surface area contributed by atoms with Crippen molar-refractivity contribution in [2.24, 2.45) is 0 Å². The van der Waals surface area contributed by atoms with Gasteiger partial charge >= 0.3 is 6.18 Å². The van der Waals surface area contributed by atoms with E-state index in [0.29, 0.717) is 5.69 Å². The molecule has 0 aromatic carbocycles. The van der Waals surface area contributed by atoms with E-state index in [1.807, 2.05) is 19.9 Å². The van der Waals surface area contributed by atoms with Gasteiger partial charge in [-0.1, -0.05) is 6.07 Å². The Morgan fingerprint density at radius 2 is 2.00 bits per heavy atom. The summed E-state index contributed by atoms with van der Waals surface area (Å²) in [5, 5.41) is 2.89. The van der Waals surface area contributed by atoms with Crippen LogP contribution >= 0.6 is 0 Å². The van der Waals surface area contributed by atoms with Gasteiger partial charge in [-0.05, 0) is 38.4 Å². The van der Waals surface area contributed by atoms with Gasteiger partial charge in [-0.15, -0.1) is 0 Å². The Labute approximate surface area is 99.3 Å². The molecule has 1 unspecified atom stereocenters. The average Bonchev–Trinajstić information content (AvgIpc) is 2.19. The molecule has 0 saturated heterocycles. The second kappa shape index (κ2) is 5.49. The van der Waals surface area contributed by atoms with Gasteiger partial charge in [0.05, 0.1) is 5.69 Å². The Balaban J connectivity index is 2.79. The quantitative estimate of drug-likeness (QED) is 0.881. The number of nitrogens with one attached hydrogen (secondary N) is 1. The van der Waals surface area contributed by atoms with Crippen LogP contribution in [0.4, 0.5) is 13.2 Å². The molecule has 0 aliphatic rings. The lowest BCUT2D eigenvalue weighted by Gasteiger charge is -2.18. The Morgan fingerprint density at radius 3 is 2.47 bits per heavy atom. The van der Waals surface area contributed by atoms with E-state index in [2.05, 4.69) is 10.3 Å². The third-order valence-corrected chi connectivity index (χ3v) is 2.65. The highest BCUT2D eigenvalue weighted by Gasteiger charge is 2.29. The number of hydrogen-bond acceptors (Lipinski definition) is 2. The SMILES string of the molecule is CNC(CCC(F)(F)F)c1ncc(C)cc1C. The predicted octanol–water partition coefficient (Wildman–Crippen LogP) is 3.30. The van der Waals surface area contributed by atoms with Gasteiger partial charge in [-0.2, -0.15) is 13.2 Å². The molecular weight excluding hydrogens is 229 g/mol. The van der Waals surface area contributed by atoms with Crippen LogP contribution in [0.5, 0.6) is 0 Å². The predicted molar refractivity (Wildman–Crippen MR) is 60.8 cm³/mol. The van der Waals surface area contributed by atoms with E-state index in [1.54, 1.807) is 13.2 Å². The number of aryl methyl sites for hydroxylation is 2. The van der Waals surface area contributed by atoms with Crippen molar-refractivity contribution in [3.63, 3.8) is 0 Å². The van der Waals surface area contributed by atoms with Crippen molar-refractivity contribution in [1.29, 1.82) is 0 Å². The maximum Gasteiger partial charge on any atom is 0.389 e. The summed E-state index contributed by atoms with van der Waals surface area (Å²) in [5.74, 6) is 0. The molecule has 0 fully saturated rings. The summed E-state index contributed by atoms with van der Waals surface area (Å²) in [6.07, 6.45) is -3.22. The van der Waals surface area contributed by atoms with Crippen LogP contribution in [-0.2, 0) is 0 Å². The minimum Gasteiger partial charge on any atom is -0.312 e. The second-order valence-electron chi connectivity index (χ2n) is 4.21. The first-order chi connectivity index (χ1) is 7.83. The standard InChI is InChI=1S/C12H17F3N2/c1-8-6-9(2)11(17-7-8)10(16-3)4-5-12(13,14)15/h6-7,10,16H,4-5H2,1-3H3. The van der Waals surface area contributed by atoms with E-state index in [0.717, 1.165) is 11.1 Å². The van der Waals surface area contributed by atoms with Gasteiger partial charge in [0.15, 0.2) is 0 Å². The van der Waals surface area contributed by atoms with Crippen LogP contribution in [0.25, 0.3) is 0 Å².